The molecule has 0 bridgehead atoms. The van der Waals surface area contributed by atoms with Crippen LogP contribution in [-0.2, 0) is 10.9 Å². The summed E-state index contributed by atoms with van der Waals surface area (Å²) in [5.74, 6) is 0.880. The number of hydrogen-bond donors (Lipinski definition) is 0. The number of aromatic nitrogens is 1. The van der Waals surface area contributed by atoms with Gasteiger partial charge < -0.3 is 9.64 Å². The molecule has 0 amide bonds. The zero-order valence-electron chi connectivity index (χ0n) is 11.2. The highest BCUT2D eigenvalue weighted by Crippen LogP contribution is 2.35. The highest BCUT2D eigenvalue weighted by Gasteiger charge is 2.35. The van der Waals surface area contributed by atoms with Gasteiger partial charge in [-0.3, -0.25) is 0 Å². The smallest absolute Gasteiger partial charge is 0.377 e. The Morgan fingerprint density at radius 3 is 2.65 bits per heavy atom. The summed E-state index contributed by atoms with van der Waals surface area (Å²) in [6, 6.07) is 2.62. The zero-order chi connectivity index (χ0) is 14.9. The summed E-state index contributed by atoms with van der Waals surface area (Å²) in [5, 5.41) is 0. The van der Waals surface area contributed by atoms with Crippen molar-refractivity contribution < 1.29 is 17.9 Å². The Balaban J connectivity index is 2.30. The van der Waals surface area contributed by atoms with Gasteiger partial charge in [-0.25, -0.2) is 4.98 Å². The zero-order valence-corrected chi connectivity index (χ0v) is 12.8. The van der Waals surface area contributed by atoms with Gasteiger partial charge in [-0.1, -0.05) is 13.8 Å². The van der Waals surface area contributed by atoms with E-state index >= 15 is 0 Å². The molecule has 2 heterocycles. The molecular formula is C13H16BrF3N2O. The molecule has 1 fully saturated rings. The van der Waals surface area contributed by atoms with E-state index in [2.05, 4.69) is 34.8 Å². The van der Waals surface area contributed by atoms with Crippen LogP contribution in [0.1, 0.15) is 19.4 Å². The van der Waals surface area contributed by atoms with E-state index in [-0.39, 0.29) is 10.6 Å². The minimum atomic E-state index is -4.40. The van der Waals surface area contributed by atoms with Crippen LogP contribution in [0.2, 0.25) is 0 Å². The molecule has 0 unspecified atom stereocenters. The van der Waals surface area contributed by atoms with E-state index in [9.17, 15) is 13.2 Å². The molecule has 1 saturated heterocycles. The topological polar surface area (TPSA) is 25.4 Å². The third-order valence-electron chi connectivity index (χ3n) is 3.37. The lowest BCUT2D eigenvalue weighted by atomic mass is 10.0. The lowest BCUT2D eigenvalue weighted by Gasteiger charge is -2.39. The Morgan fingerprint density at radius 2 is 2.10 bits per heavy atom. The van der Waals surface area contributed by atoms with Crippen molar-refractivity contribution >= 4 is 21.7 Å². The monoisotopic (exact) mass is 352 g/mol. The molecular weight excluding hydrogens is 337 g/mol. The summed E-state index contributed by atoms with van der Waals surface area (Å²) < 4.78 is 43.4. The second kappa shape index (κ2) is 5.89. The quantitative estimate of drug-likeness (QED) is 0.758. The van der Waals surface area contributed by atoms with E-state index in [1.807, 2.05) is 4.90 Å². The first-order valence-electron chi connectivity index (χ1n) is 6.39. The molecule has 0 saturated carbocycles. The first-order valence-corrected chi connectivity index (χ1v) is 7.18. The molecule has 7 heteroatoms. The normalized spacial score (nSPS) is 20.6. The molecule has 2 rings (SSSR count). The maximum atomic E-state index is 12.7. The molecule has 1 aromatic heterocycles. The van der Waals surface area contributed by atoms with Crippen molar-refractivity contribution in [1.82, 2.24) is 4.98 Å². The fourth-order valence-electron chi connectivity index (χ4n) is 2.26. The number of hydrogen-bond acceptors (Lipinski definition) is 3. The van der Waals surface area contributed by atoms with Gasteiger partial charge in [-0.2, -0.15) is 13.2 Å². The second-order valence-electron chi connectivity index (χ2n) is 5.09. The van der Waals surface area contributed by atoms with Crippen molar-refractivity contribution in [3.8, 4) is 0 Å². The summed E-state index contributed by atoms with van der Waals surface area (Å²) in [7, 11) is 0. The highest BCUT2D eigenvalue weighted by atomic mass is 79.9. The molecule has 112 valence electrons. The lowest BCUT2D eigenvalue weighted by molar-refractivity contribution is -0.138. The Kier molecular flexibility index (Phi) is 4.59. The Hall–Kier alpha value is -0.820. The number of rotatable bonds is 2. The fraction of sp³-hybridized carbons (Fsp3) is 0.615. The van der Waals surface area contributed by atoms with Crippen LogP contribution in [0.15, 0.2) is 16.7 Å². The van der Waals surface area contributed by atoms with Crippen molar-refractivity contribution in [2.24, 2.45) is 5.92 Å². The minimum absolute atomic E-state index is 0.125. The van der Waals surface area contributed by atoms with Crippen LogP contribution in [0, 0.1) is 5.92 Å². The predicted octanol–water partition coefficient (Wildman–Crippen LogP) is 3.72. The second-order valence-corrected chi connectivity index (χ2v) is 5.84. The van der Waals surface area contributed by atoms with Gasteiger partial charge in [0.2, 0.25) is 0 Å². The van der Waals surface area contributed by atoms with Crippen LogP contribution in [0.4, 0.5) is 19.0 Å². The lowest BCUT2D eigenvalue weighted by Crippen LogP contribution is -2.48. The van der Waals surface area contributed by atoms with Crippen LogP contribution in [0.3, 0.4) is 0 Å². The first kappa shape index (κ1) is 15.6. The van der Waals surface area contributed by atoms with E-state index in [0.29, 0.717) is 31.5 Å². The van der Waals surface area contributed by atoms with E-state index < -0.39 is 11.7 Å². The maximum Gasteiger partial charge on any atom is 0.419 e. The van der Waals surface area contributed by atoms with Gasteiger partial charge in [0.05, 0.1) is 24.8 Å². The molecule has 0 radical (unpaired) electrons. The number of anilines is 1. The third kappa shape index (κ3) is 3.25. The number of morpholine rings is 1. The molecule has 1 aliphatic rings. The highest BCUT2D eigenvalue weighted by molar-refractivity contribution is 9.10. The summed E-state index contributed by atoms with van der Waals surface area (Å²) in [6.45, 7) is 5.88. The van der Waals surface area contributed by atoms with Crippen molar-refractivity contribution in [2.45, 2.75) is 26.1 Å². The number of nitrogens with zero attached hydrogens (tertiary/aromatic N) is 2. The number of pyridine rings is 1. The molecule has 0 N–H and O–H groups in total. The van der Waals surface area contributed by atoms with E-state index in [1.54, 1.807) is 0 Å². The molecule has 0 aromatic carbocycles. The van der Waals surface area contributed by atoms with Crippen LogP contribution in [0.25, 0.3) is 0 Å². The number of halogens is 4. The molecule has 1 atom stereocenters. The summed E-state index contributed by atoms with van der Waals surface area (Å²) >= 11 is 2.92. The van der Waals surface area contributed by atoms with E-state index in [0.717, 1.165) is 6.07 Å². The molecule has 0 aliphatic carbocycles. The van der Waals surface area contributed by atoms with Gasteiger partial charge in [-0.05, 0) is 34.0 Å². The van der Waals surface area contributed by atoms with Gasteiger partial charge in [0.1, 0.15) is 10.4 Å². The number of ether oxygens (including phenoxy) is 1. The van der Waals surface area contributed by atoms with Gasteiger partial charge >= 0.3 is 6.18 Å². The van der Waals surface area contributed by atoms with Crippen molar-refractivity contribution in [3.05, 3.63) is 22.3 Å². The number of alkyl halides is 3. The maximum absolute atomic E-state index is 12.7. The molecule has 3 nitrogen and oxygen atoms in total. The summed E-state index contributed by atoms with van der Waals surface area (Å²) in [6.07, 6.45) is -4.40. The molecule has 1 aliphatic heterocycles. The predicted molar refractivity (Wildman–Crippen MR) is 73.7 cm³/mol. The van der Waals surface area contributed by atoms with Crippen LogP contribution in [0.5, 0.6) is 0 Å². The van der Waals surface area contributed by atoms with E-state index in [1.165, 1.54) is 6.07 Å². The molecule has 0 spiro atoms. The fourth-order valence-corrected chi connectivity index (χ4v) is 2.79. The average Bonchev–Trinajstić information content (AvgIpc) is 2.37. The standard InChI is InChI=1S/C13H16BrF3N2O/c1-8(2)10-7-20-6-5-19(10)11-4-3-9(12(14)18-11)13(15,16)17/h3-4,8,10H,5-7H2,1-2H3/t10-/m0/s1. The average molecular weight is 353 g/mol. The molecule has 20 heavy (non-hydrogen) atoms. The van der Waals surface area contributed by atoms with Gasteiger partial charge in [0.15, 0.2) is 0 Å². The van der Waals surface area contributed by atoms with Crippen LogP contribution >= 0.6 is 15.9 Å². The van der Waals surface area contributed by atoms with Gasteiger partial charge in [0.25, 0.3) is 0 Å². The third-order valence-corrected chi connectivity index (χ3v) is 3.97. The molecule has 1 aromatic rings. The van der Waals surface area contributed by atoms with Gasteiger partial charge in [0, 0.05) is 6.54 Å². The van der Waals surface area contributed by atoms with Crippen molar-refractivity contribution in [1.29, 1.82) is 0 Å². The van der Waals surface area contributed by atoms with Gasteiger partial charge in [-0.15, -0.1) is 0 Å². The van der Waals surface area contributed by atoms with Crippen molar-refractivity contribution in [2.75, 3.05) is 24.7 Å². The Bertz CT molecular complexity index is 479. The first-order chi connectivity index (χ1) is 9.30. The SMILES string of the molecule is CC(C)[C@@H]1COCCN1c1ccc(C(F)(F)F)c(Br)n1. The summed E-state index contributed by atoms with van der Waals surface area (Å²) in [4.78, 5) is 6.08. The van der Waals surface area contributed by atoms with Crippen LogP contribution in [-0.4, -0.2) is 30.8 Å². The largest absolute Gasteiger partial charge is 0.419 e. The Morgan fingerprint density at radius 1 is 1.40 bits per heavy atom. The van der Waals surface area contributed by atoms with Crippen LogP contribution < -0.4 is 4.90 Å². The Labute approximate surface area is 124 Å². The van der Waals surface area contributed by atoms with Crippen molar-refractivity contribution in [3.63, 3.8) is 0 Å². The minimum Gasteiger partial charge on any atom is -0.377 e. The van der Waals surface area contributed by atoms with E-state index in [4.69, 9.17) is 4.74 Å². The summed E-state index contributed by atoms with van der Waals surface area (Å²) in [5.41, 5.74) is -0.754.